The summed E-state index contributed by atoms with van der Waals surface area (Å²) in [6, 6.07) is 5.06. The van der Waals surface area contributed by atoms with Crippen molar-refractivity contribution in [3.63, 3.8) is 0 Å². The van der Waals surface area contributed by atoms with Gasteiger partial charge in [0.15, 0.2) is 0 Å². The zero-order chi connectivity index (χ0) is 16.5. The maximum Gasteiger partial charge on any atom is 0.243 e. The van der Waals surface area contributed by atoms with Crippen LogP contribution in [-0.2, 0) is 10.0 Å². The van der Waals surface area contributed by atoms with Crippen molar-refractivity contribution in [3.05, 3.63) is 23.8 Å². The van der Waals surface area contributed by atoms with Gasteiger partial charge in [-0.05, 0) is 44.4 Å². The largest absolute Gasteiger partial charge is 0.377 e. The first-order chi connectivity index (χ1) is 10.2. The fourth-order valence-electron chi connectivity index (χ4n) is 3.12. The molecule has 2 atom stereocenters. The average molecular weight is 325 g/mol. The third-order valence-corrected chi connectivity index (χ3v) is 6.29. The first-order valence-corrected chi connectivity index (χ1v) is 9.24. The van der Waals surface area contributed by atoms with Gasteiger partial charge in [0, 0.05) is 38.4 Å². The molecular weight excluding hydrogens is 298 g/mol. The van der Waals surface area contributed by atoms with E-state index in [9.17, 15) is 8.42 Å². The van der Waals surface area contributed by atoms with Gasteiger partial charge in [-0.2, -0.15) is 4.31 Å². The van der Waals surface area contributed by atoms with Crippen molar-refractivity contribution in [1.29, 1.82) is 0 Å². The van der Waals surface area contributed by atoms with Crippen molar-refractivity contribution in [3.8, 4) is 0 Å². The topological polar surface area (TPSA) is 66.6 Å². The standard InChI is InChI=1S/C16H27N3O2S/c1-12-8-9-14(11-16(12)18(3)4)22(20,21)19-10-6-5-7-15(19)13(2)17/h8-9,11,13,15H,5-7,10,17H2,1-4H3. The van der Waals surface area contributed by atoms with E-state index < -0.39 is 10.0 Å². The summed E-state index contributed by atoms with van der Waals surface area (Å²) in [5.74, 6) is 0. The van der Waals surface area contributed by atoms with E-state index in [2.05, 4.69) is 0 Å². The lowest BCUT2D eigenvalue weighted by Gasteiger charge is -2.37. The van der Waals surface area contributed by atoms with Crippen LogP contribution < -0.4 is 10.6 Å². The van der Waals surface area contributed by atoms with Crippen LogP contribution >= 0.6 is 0 Å². The molecule has 2 N–H and O–H groups in total. The first kappa shape index (κ1) is 17.2. The molecule has 22 heavy (non-hydrogen) atoms. The minimum Gasteiger partial charge on any atom is -0.377 e. The van der Waals surface area contributed by atoms with Gasteiger partial charge in [-0.1, -0.05) is 12.5 Å². The molecule has 1 aliphatic heterocycles. The van der Waals surface area contributed by atoms with Gasteiger partial charge >= 0.3 is 0 Å². The Balaban J connectivity index is 2.43. The molecule has 124 valence electrons. The van der Waals surface area contributed by atoms with Crippen LogP contribution in [-0.4, -0.2) is 45.4 Å². The molecule has 1 saturated heterocycles. The summed E-state index contributed by atoms with van der Waals surface area (Å²) >= 11 is 0. The van der Waals surface area contributed by atoms with Gasteiger partial charge in [-0.25, -0.2) is 8.42 Å². The van der Waals surface area contributed by atoms with E-state index >= 15 is 0 Å². The molecule has 1 aromatic rings. The van der Waals surface area contributed by atoms with Gasteiger partial charge < -0.3 is 10.6 Å². The molecule has 1 fully saturated rings. The summed E-state index contributed by atoms with van der Waals surface area (Å²) in [4.78, 5) is 2.29. The highest BCUT2D eigenvalue weighted by Gasteiger charge is 2.35. The average Bonchev–Trinajstić information content (AvgIpc) is 2.47. The highest BCUT2D eigenvalue weighted by atomic mass is 32.2. The van der Waals surface area contributed by atoms with Crippen LogP contribution in [0.2, 0.25) is 0 Å². The number of piperidine rings is 1. The number of hydrogen-bond donors (Lipinski definition) is 1. The maximum absolute atomic E-state index is 13.0. The lowest BCUT2D eigenvalue weighted by Crippen LogP contribution is -2.51. The van der Waals surface area contributed by atoms with Gasteiger partial charge in [0.1, 0.15) is 0 Å². The summed E-state index contributed by atoms with van der Waals surface area (Å²) in [6.45, 7) is 4.43. The van der Waals surface area contributed by atoms with E-state index in [0.717, 1.165) is 30.5 Å². The Morgan fingerprint density at radius 1 is 1.32 bits per heavy atom. The zero-order valence-corrected chi connectivity index (χ0v) is 14.7. The molecule has 0 bridgehead atoms. The highest BCUT2D eigenvalue weighted by molar-refractivity contribution is 7.89. The zero-order valence-electron chi connectivity index (χ0n) is 13.9. The van der Waals surface area contributed by atoms with Crippen molar-refractivity contribution >= 4 is 15.7 Å². The van der Waals surface area contributed by atoms with E-state index in [1.54, 1.807) is 16.4 Å². The summed E-state index contributed by atoms with van der Waals surface area (Å²) in [7, 11) is 0.340. The smallest absolute Gasteiger partial charge is 0.243 e. The number of aryl methyl sites for hydroxylation is 1. The number of benzene rings is 1. The summed E-state index contributed by atoms with van der Waals surface area (Å²) in [6.07, 6.45) is 2.77. The summed E-state index contributed by atoms with van der Waals surface area (Å²) in [5.41, 5.74) is 8.01. The molecule has 1 aliphatic rings. The van der Waals surface area contributed by atoms with Gasteiger partial charge in [0.2, 0.25) is 10.0 Å². The molecule has 1 heterocycles. The monoisotopic (exact) mass is 325 g/mol. The second-order valence-corrected chi connectivity index (χ2v) is 8.27. The van der Waals surface area contributed by atoms with E-state index in [0.29, 0.717) is 11.4 Å². The molecular formula is C16H27N3O2S. The first-order valence-electron chi connectivity index (χ1n) is 7.80. The van der Waals surface area contributed by atoms with Crippen LogP contribution in [0.4, 0.5) is 5.69 Å². The molecule has 1 aromatic carbocycles. The van der Waals surface area contributed by atoms with Crippen LogP contribution in [0.1, 0.15) is 31.7 Å². The van der Waals surface area contributed by atoms with E-state index in [1.807, 2.05) is 38.9 Å². The maximum atomic E-state index is 13.0. The number of nitrogens with zero attached hydrogens (tertiary/aromatic N) is 2. The van der Waals surface area contributed by atoms with E-state index in [1.165, 1.54) is 0 Å². The predicted octanol–water partition coefficient (Wildman–Crippen LogP) is 1.95. The van der Waals surface area contributed by atoms with Crippen LogP contribution in [0.5, 0.6) is 0 Å². The number of anilines is 1. The van der Waals surface area contributed by atoms with Crippen molar-refractivity contribution < 1.29 is 8.42 Å². The minimum absolute atomic E-state index is 0.108. The van der Waals surface area contributed by atoms with Gasteiger partial charge in [-0.3, -0.25) is 0 Å². The fourth-order valence-corrected chi connectivity index (χ4v) is 4.92. The molecule has 0 amide bonds. The Bertz CT molecular complexity index is 626. The third-order valence-electron chi connectivity index (χ3n) is 4.37. The van der Waals surface area contributed by atoms with Crippen LogP contribution in [0, 0.1) is 6.92 Å². The number of sulfonamides is 1. The Hall–Kier alpha value is -1.11. The molecule has 0 aromatic heterocycles. The molecule has 6 heteroatoms. The second kappa shape index (κ2) is 6.56. The normalized spacial score (nSPS) is 21.6. The van der Waals surface area contributed by atoms with Gasteiger partial charge in [0.25, 0.3) is 0 Å². The van der Waals surface area contributed by atoms with Crippen molar-refractivity contribution in [2.45, 2.75) is 50.1 Å². The molecule has 0 saturated carbocycles. The number of nitrogens with two attached hydrogens (primary N) is 1. The van der Waals surface area contributed by atoms with Crippen molar-refractivity contribution in [1.82, 2.24) is 4.31 Å². The Labute approximate surface area is 134 Å². The Morgan fingerprint density at radius 2 is 2.00 bits per heavy atom. The second-order valence-electron chi connectivity index (χ2n) is 6.38. The van der Waals surface area contributed by atoms with Crippen LogP contribution in [0.3, 0.4) is 0 Å². The summed E-state index contributed by atoms with van der Waals surface area (Å²) < 4.78 is 27.7. The Morgan fingerprint density at radius 3 is 2.59 bits per heavy atom. The summed E-state index contributed by atoms with van der Waals surface area (Å²) in [5, 5.41) is 0. The molecule has 0 aliphatic carbocycles. The van der Waals surface area contributed by atoms with Crippen molar-refractivity contribution in [2.24, 2.45) is 5.73 Å². The molecule has 0 radical (unpaired) electrons. The van der Waals surface area contributed by atoms with E-state index in [4.69, 9.17) is 5.73 Å². The Kier molecular flexibility index (Phi) is 5.14. The quantitative estimate of drug-likeness (QED) is 0.919. The van der Waals surface area contributed by atoms with Gasteiger partial charge in [0.05, 0.1) is 4.90 Å². The number of hydrogen-bond acceptors (Lipinski definition) is 4. The van der Waals surface area contributed by atoms with Crippen LogP contribution in [0.15, 0.2) is 23.1 Å². The lowest BCUT2D eigenvalue weighted by atomic mass is 10.00. The van der Waals surface area contributed by atoms with Gasteiger partial charge in [-0.15, -0.1) is 0 Å². The molecule has 5 nitrogen and oxygen atoms in total. The molecule has 2 unspecified atom stereocenters. The SMILES string of the molecule is Cc1ccc(S(=O)(=O)N2CCCCC2C(C)N)cc1N(C)C. The lowest BCUT2D eigenvalue weighted by molar-refractivity contribution is 0.227. The van der Waals surface area contributed by atoms with Crippen molar-refractivity contribution in [2.75, 3.05) is 25.5 Å². The third kappa shape index (κ3) is 3.29. The molecule has 2 rings (SSSR count). The minimum atomic E-state index is -3.50. The highest BCUT2D eigenvalue weighted by Crippen LogP contribution is 2.29. The van der Waals surface area contributed by atoms with E-state index in [-0.39, 0.29) is 12.1 Å². The molecule has 0 spiro atoms. The van der Waals surface area contributed by atoms with Crippen LogP contribution in [0.25, 0.3) is 0 Å². The fraction of sp³-hybridized carbons (Fsp3) is 0.625. The predicted molar refractivity (Wildman–Crippen MR) is 90.7 cm³/mol. The number of rotatable bonds is 4.